The molecule has 0 saturated carbocycles. The predicted octanol–water partition coefficient (Wildman–Crippen LogP) is 3.33. The van der Waals surface area contributed by atoms with Crippen LogP contribution in [0.25, 0.3) is 0 Å². The van der Waals surface area contributed by atoms with Crippen molar-refractivity contribution in [2.45, 2.75) is 78.5 Å². The molecule has 0 heterocycles. The molecule has 0 aliphatic rings. The number of hydrogen-bond donors (Lipinski definition) is 2. The molecule has 5 heteroatoms. The topological polar surface area (TPSA) is 59.6 Å². The molecule has 0 rings (SSSR count). The average molecular weight is 316 g/mol. The van der Waals surface area contributed by atoms with E-state index in [-0.39, 0.29) is 6.09 Å². The molecule has 0 radical (unpaired) electrons. The van der Waals surface area contributed by atoms with Gasteiger partial charge in [0, 0.05) is 25.7 Å². The van der Waals surface area contributed by atoms with Crippen LogP contribution < -0.4 is 10.6 Å². The van der Waals surface area contributed by atoms with Crippen molar-refractivity contribution >= 4 is 6.09 Å². The van der Waals surface area contributed by atoms with Gasteiger partial charge in [0.25, 0.3) is 0 Å². The van der Waals surface area contributed by atoms with Gasteiger partial charge in [0.15, 0.2) is 0 Å². The van der Waals surface area contributed by atoms with E-state index < -0.39 is 5.60 Å². The van der Waals surface area contributed by atoms with Gasteiger partial charge in [-0.3, -0.25) is 0 Å². The fraction of sp³-hybridized carbons (Fsp3) is 0.941. The second-order valence-electron chi connectivity index (χ2n) is 7.06. The molecule has 0 aromatic carbocycles. The van der Waals surface area contributed by atoms with Crippen LogP contribution in [-0.2, 0) is 9.47 Å². The summed E-state index contributed by atoms with van der Waals surface area (Å²) >= 11 is 0. The maximum Gasteiger partial charge on any atom is 0.407 e. The lowest BCUT2D eigenvalue weighted by Crippen LogP contribution is -2.43. The van der Waals surface area contributed by atoms with E-state index in [0.29, 0.717) is 31.2 Å². The van der Waals surface area contributed by atoms with Crippen LogP contribution in [0.4, 0.5) is 4.79 Å². The Morgan fingerprint density at radius 1 is 1.23 bits per heavy atom. The van der Waals surface area contributed by atoms with E-state index in [0.717, 1.165) is 19.3 Å². The van der Waals surface area contributed by atoms with Crippen LogP contribution in [0.2, 0.25) is 0 Å². The molecule has 0 aromatic heterocycles. The maximum absolute atomic E-state index is 11.6. The van der Waals surface area contributed by atoms with E-state index in [2.05, 4.69) is 31.4 Å². The summed E-state index contributed by atoms with van der Waals surface area (Å²) in [5, 5.41) is 6.42. The van der Waals surface area contributed by atoms with Gasteiger partial charge in [0.1, 0.15) is 5.60 Å². The van der Waals surface area contributed by atoms with Crippen molar-refractivity contribution < 1.29 is 14.3 Å². The molecule has 0 aliphatic heterocycles. The van der Waals surface area contributed by atoms with Gasteiger partial charge < -0.3 is 20.1 Å². The molecule has 0 aliphatic carbocycles. The number of nitrogens with one attached hydrogen (secondary N) is 2. The minimum Gasteiger partial charge on any atom is -0.444 e. The summed E-state index contributed by atoms with van der Waals surface area (Å²) in [4.78, 5) is 11.6. The zero-order valence-corrected chi connectivity index (χ0v) is 15.5. The summed E-state index contributed by atoms with van der Waals surface area (Å²) in [5.74, 6) is 0.638. The molecule has 2 N–H and O–H groups in total. The highest BCUT2D eigenvalue weighted by Crippen LogP contribution is 2.10. The molecular weight excluding hydrogens is 280 g/mol. The van der Waals surface area contributed by atoms with Crippen molar-refractivity contribution in [3.8, 4) is 0 Å². The average Bonchev–Trinajstić information content (AvgIpc) is 2.40. The van der Waals surface area contributed by atoms with Gasteiger partial charge in [-0.15, -0.1) is 0 Å². The molecule has 3 atom stereocenters. The summed E-state index contributed by atoms with van der Waals surface area (Å²) in [6.45, 7) is 13.6. The van der Waals surface area contributed by atoms with Crippen LogP contribution in [0.1, 0.15) is 60.8 Å². The molecule has 132 valence electrons. The lowest BCUT2D eigenvalue weighted by Gasteiger charge is -2.26. The molecule has 22 heavy (non-hydrogen) atoms. The number of methoxy groups -OCH3 is 1. The minimum absolute atomic E-state index is 0.314. The quantitative estimate of drug-likeness (QED) is 0.607. The standard InChI is InChI=1S/C17H36N2O3/c1-8-13(2)14(3)19-15(12-21-7)10-9-11-18-16(20)22-17(4,5)6/h13-15,19H,8-12H2,1-7H3,(H,18,20). The fourth-order valence-electron chi connectivity index (χ4n) is 2.16. The van der Waals surface area contributed by atoms with Gasteiger partial charge in [-0.1, -0.05) is 20.3 Å². The highest BCUT2D eigenvalue weighted by atomic mass is 16.6. The molecule has 0 saturated heterocycles. The number of rotatable bonds is 10. The van der Waals surface area contributed by atoms with Crippen molar-refractivity contribution in [3.05, 3.63) is 0 Å². The maximum atomic E-state index is 11.6. The van der Waals surface area contributed by atoms with Gasteiger partial charge in [0.2, 0.25) is 0 Å². The summed E-state index contributed by atoms with van der Waals surface area (Å²) in [7, 11) is 1.72. The Balaban J connectivity index is 4.03. The second-order valence-corrected chi connectivity index (χ2v) is 7.06. The molecular formula is C17H36N2O3. The van der Waals surface area contributed by atoms with Crippen LogP contribution in [0.5, 0.6) is 0 Å². The zero-order valence-electron chi connectivity index (χ0n) is 15.5. The highest BCUT2D eigenvalue weighted by Gasteiger charge is 2.17. The van der Waals surface area contributed by atoms with Gasteiger partial charge >= 0.3 is 6.09 Å². The van der Waals surface area contributed by atoms with E-state index >= 15 is 0 Å². The first-order valence-corrected chi connectivity index (χ1v) is 8.41. The molecule has 0 spiro atoms. The Labute approximate surface area is 136 Å². The number of ether oxygens (including phenoxy) is 2. The van der Waals surface area contributed by atoms with Crippen LogP contribution in [0, 0.1) is 5.92 Å². The van der Waals surface area contributed by atoms with E-state index in [1.54, 1.807) is 7.11 Å². The van der Waals surface area contributed by atoms with Crippen molar-refractivity contribution in [1.29, 1.82) is 0 Å². The van der Waals surface area contributed by atoms with E-state index in [4.69, 9.17) is 9.47 Å². The normalized spacial score (nSPS) is 16.0. The van der Waals surface area contributed by atoms with Crippen LogP contribution >= 0.6 is 0 Å². The number of alkyl carbamates (subject to hydrolysis) is 1. The molecule has 3 unspecified atom stereocenters. The van der Waals surface area contributed by atoms with Crippen LogP contribution in [-0.4, -0.2) is 44.0 Å². The summed E-state index contributed by atoms with van der Waals surface area (Å²) in [5.41, 5.74) is -0.448. The lowest BCUT2D eigenvalue weighted by atomic mass is 9.99. The molecule has 0 aromatic rings. The second kappa shape index (κ2) is 10.8. The SMILES string of the molecule is CCC(C)C(C)NC(CCCNC(=O)OC(C)(C)C)COC. The first-order valence-electron chi connectivity index (χ1n) is 8.41. The van der Waals surface area contributed by atoms with Crippen molar-refractivity contribution in [1.82, 2.24) is 10.6 Å². The smallest absolute Gasteiger partial charge is 0.407 e. The summed E-state index contributed by atoms with van der Waals surface area (Å²) < 4.78 is 10.5. The van der Waals surface area contributed by atoms with Crippen LogP contribution in [0.15, 0.2) is 0 Å². The van der Waals surface area contributed by atoms with Gasteiger partial charge in [0.05, 0.1) is 6.61 Å². The van der Waals surface area contributed by atoms with E-state index in [1.807, 2.05) is 20.8 Å². The van der Waals surface area contributed by atoms with Crippen molar-refractivity contribution in [2.24, 2.45) is 5.92 Å². The Morgan fingerprint density at radius 2 is 1.86 bits per heavy atom. The van der Waals surface area contributed by atoms with E-state index in [9.17, 15) is 4.79 Å². The third-order valence-electron chi connectivity index (χ3n) is 3.76. The first kappa shape index (κ1) is 21.2. The fourth-order valence-corrected chi connectivity index (χ4v) is 2.16. The number of carbonyl (C=O) groups excluding carboxylic acids is 1. The van der Waals surface area contributed by atoms with Gasteiger partial charge in [-0.25, -0.2) is 4.79 Å². The monoisotopic (exact) mass is 316 g/mol. The highest BCUT2D eigenvalue weighted by molar-refractivity contribution is 5.67. The van der Waals surface area contributed by atoms with Gasteiger partial charge in [-0.05, 0) is 46.5 Å². The Kier molecular flexibility index (Phi) is 10.4. The molecule has 5 nitrogen and oxygen atoms in total. The Bertz CT molecular complexity index is 303. The number of carbonyl (C=O) groups is 1. The lowest BCUT2D eigenvalue weighted by molar-refractivity contribution is 0.0525. The predicted molar refractivity (Wildman–Crippen MR) is 91.2 cm³/mol. The minimum atomic E-state index is -0.448. The first-order chi connectivity index (χ1) is 10.2. The zero-order chi connectivity index (χ0) is 17.2. The molecule has 0 bridgehead atoms. The van der Waals surface area contributed by atoms with E-state index in [1.165, 1.54) is 0 Å². The summed E-state index contributed by atoms with van der Waals surface area (Å²) in [6.07, 6.45) is 2.67. The van der Waals surface area contributed by atoms with Crippen molar-refractivity contribution in [2.75, 3.05) is 20.3 Å². The summed E-state index contributed by atoms with van der Waals surface area (Å²) in [6, 6.07) is 0.776. The molecule has 0 fully saturated rings. The van der Waals surface area contributed by atoms with Crippen molar-refractivity contribution in [3.63, 3.8) is 0 Å². The molecule has 1 amide bonds. The third kappa shape index (κ3) is 10.9. The number of hydrogen-bond acceptors (Lipinski definition) is 4. The van der Waals surface area contributed by atoms with Crippen LogP contribution in [0.3, 0.4) is 0 Å². The third-order valence-corrected chi connectivity index (χ3v) is 3.76. The largest absolute Gasteiger partial charge is 0.444 e. The number of amides is 1. The Morgan fingerprint density at radius 3 is 2.36 bits per heavy atom. The Hall–Kier alpha value is -0.810. The van der Waals surface area contributed by atoms with Gasteiger partial charge in [-0.2, -0.15) is 0 Å².